The summed E-state index contributed by atoms with van der Waals surface area (Å²) in [5.74, 6) is 0.693. The molecule has 0 spiro atoms. The van der Waals surface area contributed by atoms with Crippen LogP contribution >= 0.6 is 0 Å². The van der Waals surface area contributed by atoms with E-state index in [1.54, 1.807) is 0 Å². The smallest absolute Gasteiger partial charge is 0.0897 e. The normalized spacial score (nSPS) is 12.1. The molecule has 4 nitrogen and oxygen atoms in total. The minimum atomic E-state index is 0.693. The lowest BCUT2D eigenvalue weighted by molar-refractivity contribution is 0.557. The molecule has 0 atom stereocenters. The number of nitrogens with zero attached hydrogens (tertiary/aromatic N) is 3. The van der Waals surface area contributed by atoms with Crippen molar-refractivity contribution in [1.29, 1.82) is 0 Å². The minimum absolute atomic E-state index is 0.693. The predicted molar refractivity (Wildman–Crippen MR) is 87.3 cm³/mol. The van der Waals surface area contributed by atoms with Crippen LogP contribution in [0.15, 0.2) is 42.6 Å². The summed E-state index contributed by atoms with van der Waals surface area (Å²) in [6.45, 7) is 8.62. The third kappa shape index (κ3) is 4.53. The van der Waals surface area contributed by atoms with Crippen LogP contribution < -0.4 is 5.32 Å². The van der Waals surface area contributed by atoms with E-state index in [-0.39, 0.29) is 0 Å². The Morgan fingerprint density at radius 1 is 1.29 bits per heavy atom. The van der Waals surface area contributed by atoms with Crippen LogP contribution in [0.2, 0.25) is 0 Å². The number of rotatable bonds is 7. The van der Waals surface area contributed by atoms with E-state index < -0.39 is 0 Å². The minimum Gasteiger partial charge on any atom is -0.316 e. The second kappa shape index (κ2) is 7.74. The monoisotopic (exact) mass is 284 g/mol. The Bertz CT molecular complexity index is 569. The van der Waals surface area contributed by atoms with E-state index in [9.17, 15) is 0 Å². The molecule has 112 valence electrons. The Kier molecular flexibility index (Phi) is 5.69. The predicted octanol–water partition coefficient (Wildman–Crippen LogP) is 3.31. The molecule has 4 heteroatoms. The molecule has 2 rings (SSSR count). The first-order chi connectivity index (χ1) is 10.2. The number of hydrogen-bond donors (Lipinski definition) is 1. The summed E-state index contributed by atoms with van der Waals surface area (Å²) in [6, 6.07) is 10.1. The summed E-state index contributed by atoms with van der Waals surface area (Å²) in [5.41, 5.74) is 3.29. The molecule has 0 saturated carbocycles. The Morgan fingerprint density at radius 3 is 2.76 bits per heavy atom. The zero-order valence-electron chi connectivity index (χ0n) is 13.1. The topological polar surface area (TPSA) is 42.7 Å². The Hall–Kier alpha value is -1.94. The number of benzene rings is 1. The van der Waals surface area contributed by atoms with Gasteiger partial charge in [-0.05, 0) is 50.1 Å². The van der Waals surface area contributed by atoms with Crippen molar-refractivity contribution in [3.8, 4) is 5.69 Å². The van der Waals surface area contributed by atoms with Crippen LogP contribution in [0.25, 0.3) is 11.3 Å². The lowest BCUT2D eigenvalue weighted by Gasteiger charge is -2.07. The fourth-order valence-electron chi connectivity index (χ4n) is 2.15. The molecule has 0 amide bonds. The van der Waals surface area contributed by atoms with Crippen molar-refractivity contribution < 1.29 is 0 Å². The van der Waals surface area contributed by atoms with E-state index in [0.29, 0.717) is 5.92 Å². The van der Waals surface area contributed by atoms with Crippen molar-refractivity contribution in [3.05, 3.63) is 48.3 Å². The molecule has 0 aliphatic rings. The Labute approximate surface area is 126 Å². The fraction of sp³-hybridized carbons (Fsp3) is 0.412. The lowest BCUT2D eigenvalue weighted by Crippen LogP contribution is -2.20. The fourth-order valence-corrected chi connectivity index (χ4v) is 2.15. The van der Waals surface area contributed by atoms with Gasteiger partial charge < -0.3 is 5.32 Å². The van der Waals surface area contributed by atoms with Gasteiger partial charge in [-0.1, -0.05) is 43.3 Å². The summed E-state index contributed by atoms with van der Waals surface area (Å²) < 4.78 is 1.88. The van der Waals surface area contributed by atoms with Crippen LogP contribution in [0.4, 0.5) is 0 Å². The summed E-state index contributed by atoms with van der Waals surface area (Å²) >= 11 is 0. The number of nitrogens with one attached hydrogen (secondary N) is 1. The zero-order chi connectivity index (χ0) is 15.1. The van der Waals surface area contributed by atoms with Crippen LogP contribution in [-0.2, 0) is 0 Å². The molecule has 0 fully saturated rings. The van der Waals surface area contributed by atoms with Gasteiger partial charge in [-0.2, -0.15) is 0 Å². The van der Waals surface area contributed by atoms with E-state index in [0.717, 1.165) is 30.9 Å². The number of aromatic nitrogens is 3. The highest BCUT2D eigenvalue weighted by molar-refractivity contribution is 5.61. The van der Waals surface area contributed by atoms with Crippen molar-refractivity contribution in [2.24, 2.45) is 5.92 Å². The molecule has 0 bridgehead atoms. The van der Waals surface area contributed by atoms with Gasteiger partial charge in [-0.3, -0.25) is 0 Å². The van der Waals surface area contributed by atoms with Gasteiger partial charge in [0.05, 0.1) is 17.6 Å². The van der Waals surface area contributed by atoms with Crippen molar-refractivity contribution in [3.63, 3.8) is 0 Å². The van der Waals surface area contributed by atoms with Crippen molar-refractivity contribution in [2.75, 3.05) is 13.1 Å². The van der Waals surface area contributed by atoms with E-state index in [1.807, 2.05) is 41.2 Å². The summed E-state index contributed by atoms with van der Waals surface area (Å²) in [4.78, 5) is 0. The molecule has 0 saturated heterocycles. The van der Waals surface area contributed by atoms with Crippen molar-refractivity contribution in [2.45, 2.75) is 27.2 Å². The third-order valence-corrected chi connectivity index (χ3v) is 3.28. The van der Waals surface area contributed by atoms with Gasteiger partial charge in [0.2, 0.25) is 0 Å². The van der Waals surface area contributed by atoms with Gasteiger partial charge >= 0.3 is 0 Å². The molecule has 21 heavy (non-hydrogen) atoms. The zero-order valence-corrected chi connectivity index (χ0v) is 13.1. The summed E-state index contributed by atoms with van der Waals surface area (Å²) in [6.07, 6.45) is 5.07. The summed E-state index contributed by atoms with van der Waals surface area (Å²) in [7, 11) is 0. The molecule has 1 aromatic carbocycles. The van der Waals surface area contributed by atoms with E-state index in [4.69, 9.17) is 0 Å². The molecule has 1 aromatic heterocycles. The number of allylic oxidation sites excluding steroid dienone is 1. The average molecular weight is 284 g/mol. The SMILES string of the molecule is C/C(=C/CCNCC(C)C)c1cnnn1-c1ccccc1. The maximum absolute atomic E-state index is 4.19. The molecule has 0 aliphatic carbocycles. The first kappa shape index (κ1) is 15.4. The van der Waals surface area contributed by atoms with E-state index in [1.165, 1.54) is 5.57 Å². The van der Waals surface area contributed by atoms with Crippen molar-refractivity contribution >= 4 is 5.57 Å². The van der Waals surface area contributed by atoms with Gasteiger partial charge in [0.15, 0.2) is 0 Å². The maximum Gasteiger partial charge on any atom is 0.0897 e. The molecular weight excluding hydrogens is 260 g/mol. The molecular formula is C17H24N4. The second-order valence-corrected chi connectivity index (χ2v) is 5.64. The van der Waals surface area contributed by atoms with Gasteiger partial charge in [0.25, 0.3) is 0 Å². The van der Waals surface area contributed by atoms with Gasteiger partial charge in [-0.25, -0.2) is 4.68 Å². The van der Waals surface area contributed by atoms with E-state index in [2.05, 4.69) is 42.5 Å². The van der Waals surface area contributed by atoms with Gasteiger partial charge in [-0.15, -0.1) is 5.10 Å². The van der Waals surface area contributed by atoms with Crippen LogP contribution in [-0.4, -0.2) is 28.1 Å². The Balaban J connectivity index is 2.00. The van der Waals surface area contributed by atoms with Gasteiger partial charge in [0.1, 0.15) is 0 Å². The highest BCUT2D eigenvalue weighted by Gasteiger charge is 2.07. The van der Waals surface area contributed by atoms with Gasteiger partial charge in [0, 0.05) is 0 Å². The number of para-hydroxylation sites is 1. The second-order valence-electron chi connectivity index (χ2n) is 5.64. The standard InChI is InChI=1S/C17H24N4/c1-14(2)12-18-11-7-8-15(3)17-13-19-20-21(17)16-9-5-4-6-10-16/h4-6,8-10,13-14,18H,7,11-12H2,1-3H3/b15-8-. The average Bonchev–Trinajstić information content (AvgIpc) is 2.97. The van der Waals surface area contributed by atoms with Crippen LogP contribution in [0.1, 0.15) is 32.9 Å². The Morgan fingerprint density at radius 2 is 2.05 bits per heavy atom. The van der Waals surface area contributed by atoms with E-state index >= 15 is 0 Å². The highest BCUT2D eigenvalue weighted by atomic mass is 15.4. The molecule has 2 aromatic rings. The molecule has 0 unspecified atom stereocenters. The van der Waals surface area contributed by atoms with Crippen LogP contribution in [0.3, 0.4) is 0 Å². The third-order valence-electron chi connectivity index (χ3n) is 3.28. The number of hydrogen-bond acceptors (Lipinski definition) is 3. The largest absolute Gasteiger partial charge is 0.316 e. The quantitative estimate of drug-likeness (QED) is 0.793. The molecule has 0 radical (unpaired) electrons. The highest BCUT2D eigenvalue weighted by Crippen LogP contribution is 2.17. The summed E-state index contributed by atoms with van der Waals surface area (Å²) in [5, 5.41) is 11.7. The first-order valence-corrected chi connectivity index (χ1v) is 7.52. The van der Waals surface area contributed by atoms with Crippen LogP contribution in [0.5, 0.6) is 0 Å². The molecule has 1 heterocycles. The molecule has 1 N–H and O–H groups in total. The van der Waals surface area contributed by atoms with Crippen molar-refractivity contribution in [1.82, 2.24) is 20.3 Å². The molecule has 0 aliphatic heterocycles. The lowest BCUT2D eigenvalue weighted by atomic mass is 10.1. The maximum atomic E-state index is 4.19. The first-order valence-electron chi connectivity index (χ1n) is 7.52. The van der Waals surface area contributed by atoms with Crippen LogP contribution in [0, 0.1) is 5.92 Å².